The molecule has 48 heavy (non-hydrogen) atoms. The number of carbonyl (C=O) groups is 1. The van der Waals surface area contributed by atoms with Crippen LogP contribution >= 0.6 is 0 Å². The monoisotopic (exact) mass is 716 g/mol. The Hall–Kier alpha value is -1.88. The zero-order valence-corrected chi connectivity index (χ0v) is 37.2. The van der Waals surface area contributed by atoms with E-state index in [1.807, 2.05) is 12.1 Å². The minimum atomic E-state index is -2.09. The van der Waals surface area contributed by atoms with Crippen LogP contribution in [0.15, 0.2) is 53.1 Å². The molecule has 0 bridgehead atoms. The quantitative estimate of drug-likeness (QED) is 0.0738. The Morgan fingerprint density at radius 1 is 0.688 bits per heavy atom. The maximum atomic E-state index is 12.9. The summed E-state index contributed by atoms with van der Waals surface area (Å²) in [6.45, 7) is 39.0. The van der Waals surface area contributed by atoms with Crippen molar-refractivity contribution in [2.24, 2.45) is 0 Å². The Morgan fingerprint density at radius 2 is 1.19 bits per heavy atom. The summed E-state index contributed by atoms with van der Waals surface area (Å²) in [5.74, 6) is 1.46. The molecule has 1 aromatic carbocycles. The van der Waals surface area contributed by atoms with Gasteiger partial charge in [-0.2, -0.15) is 0 Å². The van der Waals surface area contributed by atoms with E-state index in [9.17, 15) is 4.79 Å². The van der Waals surface area contributed by atoms with Gasteiger partial charge in [-0.3, -0.25) is 0 Å². The van der Waals surface area contributed by atoms with Gasteiger partial charge in [0.15, 0.2) is 8.32 Å². The van der Waals surface area contributed by atoms with Gasteiger partial charge in [-0.05, 0) is 119 Å². The van der Waals surface area contributed by atoms with Gasteiger partial charge in [-0.15, -0.1) is 0 Å². The van der Waals surface area contributed by atoms with E-state index < -0.39 is 25.0 Å². The van der Waals surface area contributed by atoms with Gasteiger partial charge in [0.1, 0.15) is 11.5 Å². The molecule has 5 nitrogen and oxygen atoms in total. The SMILES string of the molecule is COC(=O)C(=CCc1cc(O[Si](C)(C)C(C)(C)C)ccc1O[Si](C)(C)C(C)(C)C)CCC=C(C)CCC=C(C)CO[Si](C)(C)C(C)(C)C. The minimum Gasteiger partial charge on any atom is -0.543 e. The molecule has 0 amide bonds. The number of benzene rings is 1. The second kappa shape index (κ2) is 17.4. The van der Waals surface area contributed by atoms with E-state index >= 15 is 0 Å². The van der Waals surface area contributed by atoms with E-state index in [2.05, 4.69) is 140 Å². The fourth-order valence-electron chi connectivity index (χ4n) is 4.10. The highest BCUT2D eigenvalue weighted by Gasteiger charge is 2.41. The van der Waals surface area contributed by atoms with Gasteiger partial charge >= 0.3 is 5.97 Å². The molecular formula is C40H72O5Si3. The van der Waals surface area contributed by atoms with E-state index in [-0.39, 0.29) is 21.1 Å². The largest absolute Gasteiger partial charge is 0.543 e. The maximum absolute atomic E-state index is 12.9. The van der Waals surface area contributed by atoms with Crippen LogP contribution in [0.4, 0.5) is 0 Å². The molecule has 1 aromatic rings. The summed E-state index contributed by atoms with van der Waals surface area (Å²) in [6.07, 6.45) is 10.5. The Kier molecular flexibility index (Phi) is 16.0. The first-order chi connectivity index (χ1) is 21.6. The average Bonchev–Trinajstić information content (AvgIpc) is 2.92. The van der Waals surface area contributed by atoms with Gasteiger partial charge in [0.25, 0.3) is 0 Å². The van der Waals surface area contributed by atoms with Crippen molar-refractivity contribution in [3.8, 4) is 11.5 Å². The Bertz CT molecular complexity index is 1300. The molecule has 0 aliphatic rings. The van der Waals surface area contributed by atoms with Crippen molar-refractivity contribution in [3.05, 3.63) is 58.7 Å². The summed E-state index contributed by atoms with van der Waals surface area (Å²) < 4.78 is 25.1. The third kappa shape index (κ3) is 13.8. The van der Waals surface area contributed by atoms with Gasteiger partial charge in [-0.25, -0.2) is 4.79 Å². The lowest BCUT2D eigenvalue weighted by molar-refractivity contribution is -0.136. The molecule has 0 saturated heterocycles. The lowest BCUT2D eigenvalue weighted by Crippen LogP contribution is -2.44. The van der Waals surface area contributed by atoms with E-state index in [4.69, 9.17) is 18.0 Å². The highest BCUT2D eigenvalue weighted by atomic mass is 28.4. The average molecular weight is 717 g/mol. The number of carbonyl (C=O) groups excluding carboxylic acids is 1. The van der Waals surface area contributed by atoms with E-state index in [1.54, 1.807) is 0 Å². The Balaban J connectivity index is 3.14. The van der Waals surface area contributed by atoms with Crippen LogP contribution in [0.25, 0.3) is 0 Å². The van der Waals surface area contributed by atoms with Crippen molar-refractivity contribution in [2.75, 3.05) is 13.7 Å². The second-order valence-corrected chi connectivity index (χ2v) is 32.4. The van der Waals surface area contributed by atoms with Crippen LogP contribution in [0.3, 0.4) is 0 Å². The van der Waals surface area contributed by atoms with Crippen LogP contribution in [0, 0.1) is 0 Å². The van der Waals surface area contributed by atoms with E-state index in [0.29, 0.717) is 25.0 Å². The fourth-order valence-corrected chi connectivity index (χ4v) is 7.20. The van der Waals surface area contributed by atoms with Gasteiger partial charge < -0.3 is 18.0 Å². The summed E-state index contributed by atoms with van der Waals surface area (Å²) in [7, 11) is -4.41. The third-order valence-corrected chi connectivity index (χ3v) is 24.0. The standard InChI is InChI=1S/C40H72O5Si3/c1-31(21-19-23-32(2)30-43-46(13,14)38(3,4)5)22-20-24-33(37(41)42-12)25-26-34-29-35(44-47(15,16)39(6,7)8)27-28-36(34)45-48(17,18)40(9,10)11/h22-23,25,27-29H,19-21,24,26,30H2,1-18H3. The summed E-state index contributed by atoms with van der Waals surface area (Å²) in [6, 6.07) is 6.22. The number of allylic oxidation sites excluding steroid dienone is 4. The summed E-state index contributed by atoms with van der Waals surface area (Å²) >= 11 is 0. The smallest absolute Gasteiger partial charge is 0.333 e. The van der Waals surface area contributed by atoms with Crippen LogP contribution < -0.4 is 8.85 Å². The van der Waals surface area contributed by atoms with Crippen molar-refractivity contribution in [1.82, 2.24) is 0 Å². The molecule has 0 heterocycles. The minimum absolute atomic E-state index is 0.0603. The van der Waals surface area contributed by atoms with E-state index in [1.165, 1.54) is 18.3 Å². The molecule has 0 atom stereocenters. The van der Waals surface area contributed by atoms with Crippen LogP contribution in [0.1, 0.15) is 107 Å². The number of hydrogen-bond acceptors (Lipinski definition) is 5. The molecule has 8 heteroatoms. The first-order valence-corrected chi connectivity index (χ1v) is 26.6. The molecule has 274 valence electrons. The highest BCUT2D eigenvalue weighted by molar-refractivity contribution is 6.75. The van der Waals surface area contributed by atoms with Crippen LogP contribution in [0.5, 0.6) is 11.5 Å². The normalized spacial score (nSPS) is 14.7. The van der Waals surface area contributed by atoms with Crippen LogP contribution in [0.2, 0.25) is 54.4 Å². The summed E-state index contributed by atoms with van der Waals surface area (Å²) in [4.78, 5) is 12.9. The van der Waals surface area contributed by atoms with Crippen molar-refractivity contribution in [1.29, 1.82) is 0 Å². The Labute approximate surface area is 299 Å². The van der Waals surface area contributed by atoms with Gasteiger partial charge in [0.2, 0.25) is 16.6 Å². The van der Waals surface area contributed by atoms with Gasteiger partial charge in [0.05, 0.1) is 13.7 Å². The molecule has 0 aromatic heterocycles. The van der Waals surface area contributed by atoms with E-state index in [0.717, 1.165) is 36.3 Å². The van der Waals surface area contributed by atoms with Crippen molar-refractivity contribution >= 4 is 30.9 Å². The fraction of sp³-hybridized carbons (Fsp3) is 0.675. The zero-order valence-electron chi connectivity index (χ0n) is 34.2. The predicted molar refractivity (Wildman–Crippen MR) is 215 cm³/mol. The first-order valence-electron chi connectivity index (χ1n) is 17.9. The third-order valence-electron chi connectivity index (χ3n) is 10.8. The molecule has 1 rings (SSSR count). The predicted octanol–water partition coefficient (Wildman–Crippen LogP) is 12.6. The number of ether oxygens (including phenoxy) is 1. The van der Waals surface area contributed by atoms with Crippen LogP contribution in [-0.4, -0.2) is 44.6 Å². The van der Waals surface area contributed by atoms with Crippen molar-refractivity contribution in [2.45, 2.75) is 163 Å². The molecule has 0 aliphatic heterocycles. The summed E-state index contributed by atoms with van der Waals surface area (Å²) in [5.41, 5.74) is 4.34. The molecule has 0 N–H and O–H groups in total. The molecular weight excluding hydrogens is 645 g/mol. The lowest BCUT2D eigenvalue weighted by atomic mass is 10.0. The van der Waals surface area contributed by atoms with Crippen LogP contribution in [-0.2, 0) is 20.4 Å². The molecule has 0 fully saturated rings. The second-order valence-electron chi connectivity index (χ2n) is 18.1. The topological polar surface area (TPSA) is 54.0 Å². The number of rotatable bonds is 16. The first kappa shape index (κ1) is 44.1. The number of hydrogen-bond donors (Lipinski definition) is 0. The molecule has 0 unspecified atom stereocenters. The van der Waals surface area contributed by atoms with Crippen molar-refractivity contribution < 1.29 is 22.8 Å². The molecule has 0 saturated carbocycles. The Morgan fingerprint density at radius 3 is 1.71 bits per heavy atom. The van der Waals surface area contributed by atoms with Gasteiger partial charge in [-0.1, -0.05) is 91.7 Å². The maximum Gasteiger partial charge on any atom is 0.333 e. The highest BCUT2D eigenvalue weighted by Crippen LogP contribution is 2.41. The zero-order chi connectivity index (χ0) is 37.4. The molecule has 0 spiro atoms. The lowest BCUT2D eigenvalue weighted by Gasteiger charge is -2.38. The summed E-state index contributed by atoms with van der Waals surface area (Å²) in [5, 5.41) is 0.361. The van der Waals surface area contributed by atoms with Crippen molar-refractivity contribution in [3.63, 3.8) is 0 Å². The number of methoxy groups -OCH3 is 1. The molecule has 0 aliphatic carbocycles. The van der Waals surface area contributed by atoms with Gasteiger partial charge in [0, 0.05) is 11.1 Å². The molecule has 0 radical (unpaired) electrons. The number of esters is 1.